The number of nitrogen functional groups attached to an aromatic ring is 1. The average molecular weight is 256 g/mol. The zero-order chi connectivity index (χ0) is 13.1. The minimum Gasteiger partial charge on any atom is -0.433 e. The van der Waals surface area contributed by atoms with E-state index in [1.165, 1.54) is 0 Å². The molecule has 100 valence electrons. The summed E-state index contributed by atoms with van der Waals surface area (Å²) < 4.78 is 28.9. The van der Waals surface area contributed by atoms with Gasteiger partial charge in [0.15, 0.2) is 0 Å². The van der Waals surface area contributed by atoms with Gasteiger partial charge in [0.1, 0.15) is 5.75 Å². The van der Waals surface area contributed by atoms with Gasteiger partial charge in [-0.3, -0.25) is 0 Å². The average Bonchev–Trinajstić information content (AvgIpc) is 2.32. The number of ether oxygens (including phenoxy) is 1. The third kappa shape index (κ3) is 3.10. The molecule has 1 aliphatic rings. The van der Waals surface area contributed by atoms with E-state index in [2.05, 4.69) is 16.7 Å². The van der Waals surface area contributed by atoms with Gasteiger partial charge in [0.25, 0.3) is 0 Å². The second-order valence-corrected chi connectivity index (χ2v) is 4.75. The van der Waals surface area contributed by atoms with E-state index < -0.39 is 6.61 Å². The van der Waals surface area contributed by atoms with Gasteiger partial charge in [0.2, 0.25) is 0 Å². The summed E-state index contributed by atoms with van der Waals surface area (Å²) in [7, 11) is 2.09. The van der Waals surface area contributed by atoms with E-state index in [0.717, 1.165) is 31.5 Å². The van der Waals surface area contributed by atoms with Crippen molar-refractivity contribution >= 4 is 5.69 Å². The SMILES string of the molecule is CN1CCC(c2ccc(N)c(OC(F)F)c2)CC1. The maximum absolute atomic E-state index is 12.2. The highest BCUT2D eigenvalue weighted by molar-refractivity contribution is 5.54. The van der Waals surface area contributed by atoms with Gasteiger partial charge in [-0.2, -0.15) is 8.78 Å². The van der Waals surface area contributed by atoms with Crippen LogP contribution in [0.25, 0.3) is 0 Å². The molecular weight excluding hydrogens is 238 g/mol. The van der Waals surface area contributed by atoms with Crippen LogP contribution in [-0.2, 0) is 0 Å². The molecule has 0 atom stereocenters. The van der Waals surface area contributed by atoms with Gasteiger partial charge in [-0.25, -0.2) is 0 Å². The lowest BCUT2D eigenvalue weighted by atomic mass is 9.89. The standard InChI is InChI=1S/C13H18F2N2O/c1-17-6-4-9(5-7-17)10-2-3-11(16)12(8-10)18-13(14)15/h2-3,8-9,13H,4-7,16H2,1H3. The molecule has 3 nitrogen and oxygen atoms in total. The van der Waals surface area contributed by atoms with E-state index in [0.29, 0.717) is 5.92 Å². The number of alkyl halides is 2. The second kappa shape index (κ2) is 5.52. The first-order valence-corrected chi connectivity index (χ1v) is 6.09. The Morgan fingerprint density at radius 3 is 2.61 bits per heavy atom. The number of nitrogens with two attached hydrogens (primary N) is 1. The summed E-state index contributed by atoms with van der Waals surface area (Å²) in [5.74, 6) is 0.489. The summed E-state index contributed by atoms with van der Waals surface area (Å²) in [4.78, 5) is 2.27. The molecule has 1 aliphatic heterocycles. The Morgan fingerprint density at radius 2 is 2.00 bits per heavy atom. The largest absolute Gasteiger partial charge is 0.433 e. The van der Waals surface area contributed by atoms with Crippen molar-refractivity contribution in [2.75, 3.05) is 25.9 Å². The van der Waals surface area contributed by atoms with Gasteiger partial charge >= 0.3 is 6.61 Å². The maximum Gasteiger partial charge on any atom is 0.387 e. The summed E-state index contributed by atoms with van der Waals surface area (Å²) in [6.45, 7) is -0.778. The topological polar surface area (TPSA) is 38.5 Å². The highest BCUT2D eigenvalue weighted by Crippen LogP contribution is 2.33. The third-order valence-corrected chi connectivity index (χ3v) is 3.44. The number of hydrogen-bond donors (Lipinski definition) is 1. The van der Waals surface area contributed by atoms with Gasteiger partial charge in [-0.05, 0) is 56.6 Å². The minimum absolute atomic E-state index is 0.0847. The monoisotopic (exact) mass is 256 g/mol. The highest BCUT2D eigenvalue weighted by atomic mass is 19.3. The number of rotatable bonds is 3. The molecule has 0 spiro atoms. The third-order valence-electron chi connectivity index (χ3n) is 3.44. The zero-order valence-corrected chi connectivity index (χ0v) is 10.4. The van der Waals surface area contributed by atoms with Crippen molar-refractivity contribution in [3.63, 3.8) is 0 Å². The first-order chi connectivity index (χ1) is 8.56. The number of benzene rings is 1. The molecule has 0 aromatic heterocycles. The van der Waals surface area contributed by atoms with Gasteiger partial charge in [-0.15, -0.1) is 0 Å². The summed E-state index contributed by atoms with van der Waals surface area (Å²) in [5, 5.41) is 0. The van der Waals surface area contributed by atoms with Crippen molar-refractivity contribution in [2.45, 2.75) is 25.4 Å². The summed E-state index contributed by atoms with van der Waals surface area (Å²) in [6, 6.07) is 5.20. The predicted octanol–water partition coefficient (Wildman–Crippen LogP) is 2.68. The lowest BCUT2D eigenvalue weighted by Gasteiger charge is -2.29. The van der Waals surface area contributed by atoms with Gasteiger partial charge < -0.3 is 15.4 Å². The van der Waals surface area contributed by atoms with Crippen LogP contribution in [0, 0.1) is 0 Å². The first kappa shape index (κ1) is 13.1. The fourth-order valence-corrected chi connectivity index (χ4v) is 2.34. The molecule has 0 aliphatic carbocycles. The van der Waals surface area contributed by atoms with Gasteiger partial charge in [0, 0.05) is 0 Å². The molecule has 2 rings (SSSR count). The Kier molecular flexibility index (Phi) is 4.01. The molecule has 0 unspecified atom stereocenters. The van der Waals surface area contributed by atoms with Crippen molar-refractivity contribution in [3.05, 3.63) is 23.8 Å². The fourth-order valence-electron chi connectivity index (χ4n) is 2.34. The number of halogens is 2. The molecule has 1 aromatic rings. The molecule has 1 saturated heterocycles. The van der Waals surface area contributed by atoms with Crippen LogP contribution in [0.1, 0.15) is 24.3 Å². The van der Waals surface area contributed by atoms with E-state index in [9.17, 15) is 8.78 Å². The number of piperidine rings is 1. The Labute approximate surface area is 106 Å². The summed E-state index contributed by atoms with van der Waals surface area (Å²) in [5.41, 5.74) is 6.91. The molecule has 18 heavy (non-hydrogen) atoms. The lowest BCUT2D eigenvalue weighted by Crippen LogP contribution is -2.29. The van der Waals surface area contributed by atoms with Gasteiger partial charge in [-0.1, -0.05) is 6.07 Å². The Hall–Kier alpha value is -1.36. The first-order valence-electron chi connectivity index (χ1n) is 6.09. The van der Waals surface area contributed by atoms with Crippen LogP contribution in [0.5, 0.6) is 5.75 Å². The maximum atomic E-state index is 12.2. The molecule has 1 aromatic carbocycles. The van der Waals surface area contributed by atoms with E-state index in [1.54, 1.807) is 12.1 Å². The van der Waals surface area contributed by atoms with Crippen LogP contribution < -0.4 is 10.5 Å². The molecule has 0 amide bonds. The van der Waals surface area contributed by atoms with Crippen LogP contribution in [0.3, 0.4) is 0 Å². The molecule has 0 saturated carbocycles. The lowest BCUT2D eigenvalue weighted by molar-refractivity contribution is -0.0493. The van der Waals surface area contributed by atoms with Crippen molar-refractivity contribution in [1.29, 1.82) is 0 Å². The van der Waals surface area contributed by atoms with Crippen LogP contribution in [0.15, 0.2) is 18.2 Å². The van der Waals surface area contributed by atoms with Crippen molar-refractivity contribution < 1.29 is 13.5 Å². The molecule has 2 N–H and O–H groups in total. The quantitative estimate of drug-likeness (QED) is 0.845. The fraction of sp³-hybridized carbons (Fsp3) is 0.538. The Morgan fingerprint density at radius 1 is 1.33 bits per heavy atom. The molecule has 0 bridgehead atoms. The van der Waals surface area contributed by atoms with Crippen molar-refractivity contribution in [2.24, 2.45) is 0 Å². The zero-order valence-electron chi connectivity index (χ0n) is 10.4. The predicted molar refractivity (Wildman–Crippen MR) is 67.0 cm³/mol. The van der Waals surface area contributed by atoms with E-state index in [1.807, 2.05) is 6.07 Å². The highest BCUT2D eigenvalue weighted by Gasteiger charge is 2.19. The minimum atomic E-state index is -2.83. The van der Waals surface area contributed by atoms with Crippen LogP contribution in [0.4, 0.5) is 14.5 Å². The summed E-state index contributed by atoms with van der Waals surface area (Å²) in [6.07, 6.45) is 2.07. The number of anilines is 1. The van der Waals surface area contributed by atoms with E-state index in [4.69, 9.17) is 5.73 Å². The van der Waals surface area contributed by atoms with E-state index >= 15 is 0 Å². The van der Waals surface area contributed by atoms with Crippen molar-refractivity contribution in [3.8, 4) is 5.75 Å². The molecular formula is C13H18F2N2O. The summed E-state index contributed by atoms with van der Waals surface area (Å²) >= 11 is 0. The van der Waals surface area contributed by atoms with Gasteiger partial charge in [0.05, 0.1) is 5.69 Å². The number of nitrogens with zero attached hydrogens (tertiary/aromatic N) is 1. The van der Waals surface area contributed by atoms with E-state index in [-0.39, 0.29) is 11.4 Å². The smallest absolute Gasteiger partial charge is 0.387 e. The normalized spacial score (nSPS) is 18.2. The Balaban J connectivity index is 2.13. The molecule has 1 fully saturated rings. The molecule has 0 radical (unpaired) electrons. The second-order valence-electron chi connectivity index (χ2n) is 4.75. The number of hydrogen-bond acceptors (Lipinski definition) is 3. The van der Waals surface area contributed by atoms with Crippen LogP contribution >= 0.6 is 0 Å². The Bertz CT molecular complexity index is 404. The van der Waals surface area contributed by atoms with Crippen LogP contribution in [0.2, 0.25) is 0 Å². The molecule has 5 heteroatoms. The number of likely N-dealkylation sites (tertiary alicyclic amines) is 1. The van der Waals surface area contributed by atoms with Crippen LogP contribution in [-0.4, -0.2) is 31.6 Å². The van der Waals surface area contributed by atoms with Crippen molar-refractivity contribution in [1.82, 2.24) is 4.90 Å². The molecule has 1 heterocycles.